The minimum Gasteiger partial charge on any atom is -0.454 e. The molecular weight excluding hydrogens is 412 g/mol. The number of Topliss-reactive ketones (excluding diaryl/α,β-unsaturated/α-hetero) is 1. The van der Waals surface area contributed by atoms with E-state index < -0.39 is 0 Å². The van der Waals surface area contributed by atoms with Gasteiger partial charge in [-0.2, -0.15) is 0 Å². The SMILES string of the molecule is Cc1cc(C(=O)CSc2nnc(C3CC3)n2C2CC2)c(C)n1-c1ccc2c(c1)OCO2. The van der Waals surface area contributed by atoms with Crippen LogP contribution >= 0.6 is 11.8 Å². The third-order valence-electron chi connectivity index (χ3n) is 6.22. The fraction of sp³-hybridized carbons (Fsp3) is 0.435. The third-order valence-corrected chi connectivity index (χ3v) is 7.17. The molecule has 0 atom stereocenters. The van der Waals surface area contributed by atoms with Crippen molar-refractivity contribution < 1.29 is 14.3 Å². The minimum absolute atomic E-state index is 0.114. The molecule has 2 aromatic heterocycles. The minimum atomic E-state index is 0.114. The van der Waals surface area contributed by atoms with Crippen molar-refractivity contribution in [3.63, 3.8) is 0 Å². The molecule has 0 unspecified atom stereocenters. The van der Waals surface area contributed by atoms with E-state index in [0.29, 0.717) is 17.7 Å². The van der Waals surface area contributed by atoms with E-state index in [1.165, 1.54) is 37.4 Å². The Morgan fingerprint density at radius 3 is 2.68 bits per heavy atom. The normalized spacial score (nSPS) is 17.4. The van der Waals surface area contributed by atoms with Gasteiger partial charge in [-0.1, -0.05) is 11.8 Å². The molecular formula is C23H24N4O3S. The van der Waals surface area contributed by atoms with Crippen LogP contribution in [0.15, 0.2) is 29.4 Å². The van der Waals surface area contributed by atoms with Crippen molar-refractivity contribution in [2.75, 3.05) is 12.5 Å². The number of hydrogen-bond acceptors (Lipinski definition) is 6. The Balaban J connectivity index is 1.23. The Kier molecular flexibility index (Phi) is 4.38. The topological polar surface area (TPSA) is 71.2 Å². The maximum atomic E-state index is 13.1. The monoisotopic (exact) mass is 436 g/mol. The van der Waals surface area contributed by atoms with Crippen LogP contribution in [0.2, 0.25) is 0 Å². The zero-order valence-electron chi connectivity index (χ0n) is 17.6. The van der Waals surface area contributed by atoms with Crippen LogP contribution in [-0.4, -0.2) is 37.7 Å². The first-order valence-electron chi connectivity index (χ1n) is 10.8. The molecule has 2 saturated carbocycles. The molecule has 6 rings (SSSR count). The molecule has 7 nitrogen and oxygen atoms in total. The summed E-state index contributed by atoms with van der Waals surface area (Å²) in [6.45, 7) is 4.26. The number of nitrogens with zero attached hydrogens (tertiary/aromatic N) is 4. The van der Waals surface area contributed by atoms with Gasteiger partial charge < -0.3 is 18.6 Å². The Bertz CT molecular complexity index is 1190. The van der Waals surface area contributed by atoms with Gasteiger partial charge in [-0.05, 0) is 57.7 Å². The Morgan fingerprint density at radius 2 is 1.90 bits per heavy atom. The summed E-state index contributed by atoms with van der Waals surface area (Å²) < 4.78 is 15.3. The maximum absolute atomic E-state index is 13.1. The van der Waals surface area contributed by atoms with Crippen LogP contribution in [-0.2, 0) is 0 Å². The molecule has 3 aliphatic rings. The van der Waals surface area contributed by atoms with E-state index in [9.17, 15) is 4.79 Å². The number of carbonyl (C=O) groups is 1. The van der Waals surface area contributed by atoms with Gasteiger partial charge in [-0.15, -0.1) is 10.2 Å². The molecule has 0 amide bonds. The first-order chi connectivity index (χ1) is 15.1. The summed E-state index contributed by atoms with van der Waals surface area (Å²) in [5, 5.41) is 9.76. The molecule has 0 spiro atoms. The van der Waals surface area contributed by atoms with Crippen LogP contribution in [0.25, 0.3) is 5.69 Å². The Labute approximate surface area is 184 Å². The summed E-state index contributed by atoms with van der Waals surface area (Å²) >= 11 is 1.51. The van der Waals surface area contributed by atoms with Crippen LogP contribution in [0, 0.1) is 13.8 Å². The Hall–Kier alpha value is -2.74. The highest BCUT2D eigenvalue weighted by Gasteiger charge is 2.36. The number of fused-ring (bicyclic) bond motifs is 1. The molecule has 3 heterocycles. The summed E-state index contributed by atoms with van der Waals surface area (Å²) in [6.07, 6.45) is 4.80. The molecule has 3 aromatic rings. The number of thioether (sulfide) groups is 1. The largest absolute Gasteiger partial charge is 0.454 e. The van der Waals surface area contributed by atoms with E-state index in [4.69, 9.17) is 9.47 Å². The maximum Gasteiger partial charge on any atom is 0.231 e. The highest BCUT2D eigenvalue weighted by atomic mass is 32.2. The van der Waals surface area contributed by atoms with Crippen LogP contribution < -0.4 is 9.47 Å². The molecule has 2 aliphatic carbocycles. The second-order valence-corrected chi connectivity index (χ2v) is 9.53. The fourth-order valence-electron chi connectivity index (χ4n) is 4.36. The predicted molar refractivity (Wildman–Crippen MR) is 117 cm³/mol. The van der Waals surface area contributed by atoms with Crippen molar-refractivity contribution in [1.29, 1.82) is 0 Å². The summed E-state index contributed by atoms with van der Waals surface area (Å²) in [5.41, 5.74) is 3.67. The number of aryl methyl sites for hydroxylation is 1. The Morgan fingerprint density at radius 1 is 1.10 bits per heavy atom. The van der Waals surface area contributed by atoms with Gasteiger partial charge in [0.1, 0.15) is 5.82 Å². The first-order valence-corrected chi connectivity index (χ1v) is 11.8. The van der Waals surface area contributed by atoms with Crippen molar-refractivity contribution >= 4 is 17.5 Å². The van der Waals surface area contributed by atoms with Gasteiger partial charge in [-0.25, -0.2) is 0 Å². The summed E-state index contributed by atoms with van der Waals surface area (Å²) in [4.78, 5) is 13.1. The van der Waals surface area contributed by atoms with Crippen molar-refractivity contribution in [2.45, 2.75) is 56.6 Å². The lowest BCUT2D eigenvalue weighted by Gasteiger charge is -2.11. The number of ketones is 1. The number of hydrogen-bond donors (Lipinski definition) is 0. The highest BCUT2D eigenvalue weighted by Crippen LogP contribution is 2.46. The lowest BCUT2D eigenvalue weighted by atomic mass is 10.2. The van der Waals surface area contributed by atoms with E-state index in [0.717, 1.165) is 45.1 Å². The van der Waals surface area contributed by atoms with Gasteiger partial charge in [0.25, 0.3) is 0 Å². The zero-order valence-corrected chi connectivity index (χ0v) is 18.4. The summed E-state index contributed by atoms with van der Waals surface area (Å²) in [5.74, 6) is 3.66. The number of rotatable bonds is 7. The van der Waals surface area contributed by atoms with Crippen molar-refractivity contribution in [3.05, 3.63) is 47.0 Å². The van der Waals surface area contributed by atoms with Crippen LogP contribution in [0.4, 0.5) is 0 Å². The van der Waals surface area contributed by atoms with Gasteiger partial charge in [0.05, 0.1) is 5.75 Å². The molecule has 1 aliphatic heterocycles. The van der Waals surface area contributed by atoms with Gasteiger partial charge >= 0.3 is 0 Å². The molecule has 0 bridgehead atoms. The number of benzene rings is 1. The smallest absolute Gasteiger partial charge is 0.231 e. The quantitative estimate of drug-likeness (QED) is 0.398. The molecule has 8 heteroatoms. The van der Waals surface area contributed by atoms with E-state index in [-0.39, 0.29) is 12.6 Å². The molecule has 1 aromatic carbocycles. The summed E-state index contributed by atoms with van der Waals surface area (Å²) in [7, 11) is 0. The van der Waals surface area contributed by atoms with Crippen LogP contribution in [0.5, 0.6) is 11.5 Å². The lowest BCUT2D eigenvalue weighted by Crippen LogP contribution is -2.07. The summed E-state index contributed by atoms with van der Waals surface area (Å²) in [6, 6.07) is 8.37. The van der Waals surface area contributed by atoms with Gasteiger partial charge in [-0.3, -0.25) is 4.79 Å². The third kappa shape index (κ3) is 3.33. The molecule has 2 fully saturated rings. The lowest BCUT2D eigenvalue weighted by molar-refractivity contribution is 0.102. The van der Waals surface area contributed by atoms with Crippen molar-refractivity contribution in [2.24, 2.45) is 0 Å². The van der Waals surface area contributed by atoms with Crippen LogP contribution in [0.3, 0.4) is 0 Å². The van der Waals surface area contributed by atoms with E-state index in [1.807, 2.05) is 38.1 Å². The van der Waals surface area contributed by atoms with Gasteiger partial charge in [0.15, 0.2) is 22.4 Å². The molecule has 0 radical (unpaired) electrons. The van der Waals surface area contributed by atoms with Crippen molar-refractivity contribution in [1.82, 2.24) is 19.3 Å². The fourth-order valence-corrected chi connectivity index (χ4v) is 5.25. The molecule has 31 heavy (non-hydrogen) atoms. The molecule has 0 N–H and O–H groups in total. The highest BCUT2D eigenvalue weighted by molar-refractivity contribution is 7.99. The first kappa shape index (κ1) is 19.0. The van der Waals surface area contributed by atoms with E-state index in [1.54, 1.807) is 0 Å². The average molecular weight is 437 g/mol. The zero-order chi connectivity index (χ0) is 21.1. The standard InChI is InChI=1S/C23H24N4O3S/c1-13-9-18(14(2)26(13)17-7-8-20-21(10-17)30-12-29-20)19(28)11-31-23-25-24-22(15-3-4-15)27(23)16-5-6-16/h7-10,15-16H,3-6,11-12H2,1-2H3. The van der Waals surface area contributed by atoms with Crippen LogP contribution in [0.1, 0.15) is 65.2 Å². The van der Waals surface area contributed by atoms with Crippen molar-refractivity contribution in [3.8, 4) is 17.2 Å². The number of aromatic nitrogens is 4. The second kappa shape index (κ2) is 7.15. The number of carbonyl (C=O) groups excluding carboxylic acids is 1. The predicted octanol–water partition coefficient (Wildman–Crippen LogP) is 4.60. The van der Waals surface area contributed by atoms with Gasteiger partial charge in [0, 0.05) is 40.7 Å². The van der Waals surface area contributed by atoms with Gasteiger partial charge in [0.2, 0.25) is 6.79 Å². The van der Waals surface area contributed by atoms with E-state index >= 15 is 0 Å². The molecule has 160 valence electrons. The van der Waals surface area contributed by atoms with E-state index in [2.05, 4.69) is 19.3 Å². The second-order valence-electron chi connectivity index (χ2n) is 8.59. The number of ether oxygens (including phenoxy) is 2. The average Bonchev–Trinajstić information content (AvgIpc) is 3.68. The molecule has 0 saturated heterocycles.